The lowest BCUT2D eigenvalue weighted by molar-refractivity contribution is -0.121. The number of aryl methyl sites for hydroxylation is 1. The van der Waals surface area contributed by atoms with E-state index in [1.165, 1.54) is 11.2 Å². The highest BCUT2D eigenvalue weighted by Gasteiger charge is 2.06. The largest absolute Gasteiger partial charge is 0.352 e. The van der Waals surface area contributed by atoms with Crippen LogP contribution in [-0.2, 0) is 24.3 Å². The molecule has 0 bridgehead atoms. The van der Waals surface area contributed by atoms with Crippen LogP contribution < -0.4 is 5.32 Å². The molecule has 1 aromatic carbocycles. The normalized spacial score (nSPS) is 10.6. The summed E-state index contributed by atoms with van der Waals surface area (Å²) < 4.78 is 1.78. The van der Waals surface area contributed by atoms with Gasteiger partial charge in [0.15, 0.2) is 0 Å². The van der Waals surface area contributed by atoms with Crippen LogP contribution in [0.3, 0.4) is 0 Å². The second-order valence-corrected chi connectivity index (χ2v) is 6.25. The van der Waals surface area contributed by atoms with Crippen LogP contribution in [-0.4, -0.2) is 20.7 Å². The molecule has 23 heavy (non-hydrogen) atoms. The van der Waals surface area contributed by atoms with Crippen LogP contribution in [0.25, 0.3) is 0 Å². The topological polar surface area (TPSA) is 59.8 Å². The number of nitrogens with zero attached hydrogens (tertiary/aromatic N) is 3. The predicted molar refractivity (Wildman–Crippen MR) is 90.1 cm³/mol. The first-order valence-corrected chi connectivity index (χ1v) is 8.37. The molecule has 2 aromatic heterocycles. The van der Waals surface area contributed by atoms with E-state index in [4.69, 9.17) is 0 Å². The quantitative estimate of drug-likeness (QED) is 0.726. The van der Waals surface area contributed by atoms with Crippen LogP contribution in [0.15, 0.2) is 54.4 Å². The van der Waals surface area contributed by atoms with Crippen molar-refractivity contribution in [3.05, 3.63) is 70.4 Å². The molecule has 0 aliphatic heterocycles. The average molecular weight is 326 g/mol. The summed E-state index contributed by atoms with van der Waals surface area (Å²) in [5, 5.41) is 9.16. The molecule has 0 radical (unpaired) electrons. The molecule has 3 aromatic rings. The summed E-state index contributed by atoms with van der Waals surface area (Å²) in [7, 11) is 0. The minimum Gasteiger partial charge on any atom is -0.352 e. The van der Waals surface area contributed by atoms with Crippen LogP contribution in [0, 0.1) is 0 Å². The number of rotatable bonds is 7. The van der Waals surface area contributed by atoms with Crippen molar-refractivity contribution in [1.82, 2.24) is 20.1 Å². The third kappa shape index (κ3) is 4.50. The summed E-state index contributed by atoms with van der Waals surface area (Å²) in [6, 6.07) is 12.1. The smallest absolute Gasteiger partial charge is 0.220 e. The van der Waals surface area contributed by atoms with E-state index >= 15 is 0 Å². The van der Waals surface area contributed by atoms with Crippen molar-refractivity contribution in [3.63, 3.8) is 0 Å². The first-order valence-electron chi connectivity index (χ1n) is 7.49. The van der Waals surface area contributed by atoms with Gasteiger partial charge in [0.1, 0.15) is 12.7 Å². The lowest BCUT2D eigenvalue weighted by atomic mass is 10.1. The maximum atomic E-state index is 12.0. The number of amides is 1. The van der Waals surface area contributed by atoms with Crippen molar-refractivity contribution < 1.29 is 4.79 Å². The summed E-state index contributed by atoms with van der Waals surface area (Å²) in [6.45, 7) is 1.19. The molecule has 0 atom stereocenters. The Bertz CT molecular complexity index is 738. The number of thiophene rings is 1. The van der Waals surface area contributed by atoms with Crippen LogP contribution in [0.2, 0.25) is 0 Å². The van der Waals surface area contributed by atoms with Gasteiger partial charge in [-0.25, -0.2) is 9.67 Å². The molecule has 0 saturated heterocycles. The highest BCUT2D eigenvalue weighted by Crippen LogP contribution is 2.12. The Kier molecular flexibility index (Phi) is 5.16. The van der Waals surface area contributed by atoms with E-state index in [2.05, 4.69) is 27.5 Å². The minimum atomic E-state index is 0.0777. The second kappa shape index (κ2) is 7.69. The molecule has 0 unspecified atom stereocenters. The first kappa shape index (κ1) is 15.4. The van der Waals surface area contributed by atoms with Gasteiger partial charge in [0.25, 0.3) is 0 Å². The predicted octanol–water partition coefficient (Wildman–Crippen LogP) is 2.64. The van der Waals surface area contributed by atoms with Crippen LogP contribution in [0.5, 0.6) is 0 Å². The van der Waals surface area contributed by atoms with Gasteiger partial charge in [-0.3, -0.25) is 4.79 Å². The fraction of sp³-hybridized carbons (Fsp3) is 0.235. The molecule has 0 aliphatic rings. The van der Waals surface area contributed by atoms with Crippen molar-refractivity contribution in [2.75, 3.05) is 0 Å². The summed E-state index contributed by atoms with van der Waals surface area (Å²) in [6.07, 6.45) is 4.53. The van der Waals surface area contributed by atoms with Gasteiger partial charge in [0.05, 0.1) is 6.54 Å². The van der Waals surface area contributed by atoms with Gasteiger partial charge in [-0.2, -0.15) is 5.10 Å². The summed E-state index contributed by atoms with van der Waals surface area (Å²) in [4.78, 5) is 17.2. The van der Waals surface area contributed by atoms with Crippen molar-refractivity contribution in [2.24, 2.45) is 0 Å². The number of hydrogen-bond donors (Lipinski definition) is 1. The summed E-state index contributed by atoms with van der Waals surface area (Å²) in [5.74, 6) is 0.0777. The molecular weight excluding hydrogens is 308 g/mol. The molecule has 0 saturated carbocycles. The maximum Gasteiger partial charge on any atom is 0.220 e. The van der Waals surface area contributed by atoms with Gasteiger partial charge in [0, 0.05) is 17.8 Å². The van der Waals surface area contributed by atoms with Gasteiger partial charge in [-0.05, 0) is 29.0 Å². The zero-order valence-corrected chi connectivity index (χ0v) is 13.5. The van der Waals surface area contributed by atoms with E-state index in [1.54, 1.807) is 22.3 Å². The van der Waals surface area contributed by atoms with Crippen LogP contribution in [0.1, 0.15) is 22.4 Å². The standard InChI is InChI=1S/C17H18N4OS/c22-17(8-7-16-6-3-9-23-16)19-10-14-4-1-2-5-15(14)11-21-13-18-12-20-21/h1-6,9,12-13H,7-8,10-11H2,(H,19,22). The van der Waals surface area contributed by atoms with E-state index < -0.39 is 0 Å². The highest BCUT2D eigenvalue weighted by atomic mass is 32.1. The van der Waals surface area contributed by atoms with Gasteiger partial charge in [-0.1, -0.05) is 30.3 Å². The highest BCUT2D eigenvalue weighted by molar-refractivity contribution is 7.09. The van der Waals surface area contributed by atoms with Crippen molar-refractivity contribution >= 4 is 17.2 Å². The van der Waals surface area contributed by atoms with E-state index in [0.29, 0.717) is 19.5 Å². The maximum absolute atomic E-state index is 12.0. The van der Waals surface area contributed by atoms with Crippen molar-refractivity contribution in [1.29, 1.82) is 0 Å². The summed E-state index contributed by atoms with van der Waals surface area (Å²) >= 11 is 1.69. The lowest BCUT2D eigenvalue weighted by Gasteiger charge is -2.10. The monoisotopic (exact) mass is 326 g/mol. The fourth-order valence-corrected chi connectivity index (χ4v) is 3.06. The molecule has 3 rings (SSSR count). The number of nitrogens with one attached hydrogen (secondary N) is 1. The molecule has 0 fully saturated rings. The zero-order valence-electron chi connectivity index (χ0n) is 12.7. The Hall–Kier alpha value is -2.47. The van der Waals surface area contributed by atoms with Gasteiger partial charge in [0.2, 0.25) is 5.91 Å². The molecule has 118 valence electrons. The Morgan fingerprint density at radius 3 is 2.78 bits per heavy atom. The lowest BCUT2D eigenvalue weighted by Crippen LogP contribution is -2.23. The zero-order chi connectivity index (χ0) is 15.9. The van der Waals surface area contributed by atoms with Crippen LogP contribution in [0.4, 0.5) is 0 Å². The molecule has 0 spiro atoms. The number of benzene rings is 1. The van der Waals surface area contributed by atoms with E-state index in [-0.39, 0.29) is 5.91 Å². The molecule has 1 amide bonds. The van der Waals surface area contributed by atoms with E-state index in [0.717, 1.165) is 17.5 Å². The number of hydrogen-bond acceptors (Lipinski definition) is 4. The molecule has 6 heteroatoms. The Balaban J connectivity index is 1.54. The number of aromatic nitrogens is 3. The first-order chi connectivity index (χ1) is 11.3. The number of carbonyl (C=O) groups excluding carboxylic acids is 1. The van der Waals surface area contributed by atoms with Gasteiger partial charge in [-0.15, -0.1) is 11.3 Å². The van der Waals surface area contributed by atoms with Crippen molar-refractivity contribution in [3.8, 4) is 0 Å². The van der Waals surface area contributed by atoms with E-state index in [1.807, 2.05) is 29.6 Å². The molecule has 2 heterocycles. The second-order valence-electron chi connectivity index (χ2n) is 5.22. The van der Waals surface area contributed by atoms with Crippen LogP contribution >= 0.6 is 11.3 Å². The van der Waals surface area contributed by atoms with Gasteiger partial charge < -0.3 is 5.32 Å². The minimum absolute atomic E-state index is 0.0777. The number of carbonyl (C=O) groups is 1. The fourth-order valence-electron chi connectivity index (χ4n) is 2.35. The molecular formula is C17H18N4OS. The molecule has 1 N–H and O–H groups in total. The summed E-state index contributed by atoms with van der Waals surface area (Å²) in [5.41, 5.74) is 2.24. The molecule has 0 aliphatic carbocycles. The van der Waals surface area contributed by atoms with E-state index in [9.17, 15) is 4.79 Å². The Morgan fingerprint density at radius 1 is 1.17 bits per heavy atom. The van der Waals surface area contributed by atoms with Gasteiger partial charge >= 0.3 is 0 Å². The SMILES string of the molecule is O=C(CCc1cccs1)NCc1ccccc1Cn1cncn1. The third-order valence-corrected chi connectivity index (χ3v) is 4.51. The third-order valence-electron chi connectivity index (χ3n) is 3.57. The van der Waals surface area contributed by atoms with Crippen molar-refractivity contribution in [2.45, 2.75) is 25.9 Å². The Morgan fingerprint density at radius 2 is 2.04 bits per heavy atom. The average Bonchev–Trinajstić information content (AvgIpc) is 3.25. The Labute approximate surface area is 139 Å². The molecule has 5 nitrogen and oxygen atoms in total.